The molecular formula is C19H20N6O. The summed E-state index contributed by atoms with van der Waals surface area (Å²) in [5, 5.41) is 4.73. The largest absolute Gasteiger partial charge is 0.493 e. The van der Waals surface area contributed by atoms with Gasteiger partial charge in [0, 0.05) is 29.9 Å². The topological polar surface area (TPSA) is 69.6 Å². The van der Waals surface area contributed by atoms with E-state index in [1.807, 2.05) is 42.9 Å². The number of aryl methyl sites for hydroxylation is 3. The molecule has 26 heavy (non-hydrogen) atoms. The molecule has 1 aliphatic rings. The van der Waals surface area contributed by atoms with Gasteiger partial charge in [0.15, 0.2) is 22.9 Å². The number of ether oxygens (including phenoxy) is 1. The monoisotopic (exact) mass is 348 g/mol. The van der Waals surface area contributed by atoms with Gasteiger partial charge in [0.25, 0.3) is 0 Å². The number of hydrogen-bond acceptors (Lipinski definition) is 5. The van der Waals surface area contributed by atoms with E-state index in [0.717, 1.165) is 52.1 Å². The van der Waals surface area contributed by atoms with E-state index in [0.29, 0.717) is 11.8 Å². The van der Waals surface area contributed by atoms with Crippen molar-refractivity contribution in [2.75, 3.05) is 7.11 Å². The van der Waals surface area contributed by atoms with Crippen molar-refractivity contribution in [2.24, 2.45) is 0 Å². The zero-order chi connectivity index (χ0) is 18.0. The molecule has 1 aliphatic carbocycles. The van der Waals surface area contributed by atoms with Gasteiger partial charge in [-0.1, -0.05) is 0 Å². The van der Waals surface area contributed by atoms with E-state index in [-0.39, 0.29) is 0 Å². The van der Waals surface area contributed by atoms with Crippen LogP contribution in [0.15, 0.2) is 24.5 Å². The van der Waals surface area contributed by atoms with Crippen LogP contribution in [0, 0.1) is 20.8 Å². The fourth-order valence-electron chi connectivity index (χ4n) is 3.74. The number of fused-ring (bicyclic) bond motifs is 2. The van der Waals surface area contributed by atoms with Crippen LogP contribution in [-0.4, -0.2) is 36.1 Å². The van der Waals surface area contributed by atoms with Gasteiger partial charge < -0.3 is 9.14 Å². The first-order chi connectivity index (χ1) is 12.6. The van der Waals surface area contributed by atoms with E-state index in [2.05, 4.69) is 16.3 Å². The number of methoxy groups -OCH3 is 1. The van der Waals surface area contributed by atoms with Crippen LogP contribution in [0.25, 0.3) is 11.3 Å². The third-order valence-electron chi connectivity index (χ3n) is 5.31. The summed E-state index contributed by atoms with van der Waals surface area (Å²) in [6.07, 6.45) is 4.89. The molecule has 2 atom stereocenters. The standard InChI is InChI=1S/C19H20N6O/c1-10-9-20-11(2)18-22-17(23-25(10)18)14-8-13(14)16-12(3)24-7-5-6-15(26-4)19(24)21-16/h5-7,9,13-14H,8H2,1-4H3. The summed E-state index contributed by atoms with van der Waals surface area (Å²) in [4.78, 5) is 14.0. The SMILES string of the molecule is COc1cccn2c(C)c(C3CC3c3nc4c(C)ncc(C)n4n3)nc12. The van der Waals surface area contributed by atoms with Gasteiger partial charge in [-0.3, -0.25) is 4.98 Å². The van der Waals surface area contributed by atoms with E-state index in [9.17, 15) is 0 Å². The van der Waals surface area contributed by atoms with Gasteiger partial charge in [-0.25, -0.2) is 14.5 Å². The molecule has 0 N–H and O–H groups in total. The van der Waals surface area contributed by atoms with Crippen LogP contribution >= 0.6 is 0 Å². The van der Waals surface area contributed by atoms with Crippen molar-refractivity contribution in [1.82, 2.24) is 29.0 Å². The van der Waals surface area contributed by atoms with Crippen LogP contribution in [0.5, 0.6) is 5.75 Å². The first kappa shape index (κ1) is 15.3. The van der Waals surface area contributed by atoms with Crippen molar-refractivity contribution < 1.29 is 4.74 Å². The van der Waals surface area contributed by atoms with Crippen LogP contribution in [0.2, 0.25) is 0 Å². The molecule has 2 unspecified atom stereocenters. The predicted molar refractivity (Wildman–Crippen MR) is 96.8 cm³/mol. The number of imidazole rings is 1. The molecule has 0 radical (unpaired) electrons. The fourth-order valence-corrected chi connectivity index (χ4v) is 3.74. The first-order valence-electron chi connectivity index (χ1n) is 8.79. The maximum atomic E-state index is 5.46. The van der Waals surface area contributed by atoms with Gasteiger partial charge in [-0.15, -0.1) is 0 Å². The fraction of sp³-hybridized carbons (Fsp3) is 0.368. The first-order valence-corrected chi connectivity index (χ1v) is 8.79. The summed E-state index contributed by atoms with van der Waals surface area (Å²) in [6, 6.07) is 3.93. The molecule has 4 heterocycles. The Morgan fingerprint density at radius 3 is 2.73 bits per heavy atom. The lowest BCUT2D eigenvalue weighted by Gasteiger charge is -2.01. The molecule has 0 aromatic carbocycles. The molecule has 4 aromatic rings. The van der Waals surface area contributed by atoms with Crippen molar-refractivity contribution in [1.29, 1.82) is 0 Å². The molecule has 5 rings (SSSR count). The predicted octanol–water partition coefficient (Wildman–Crippen LogP) is 2.98. The van der Waals surface area contributed by atoms with Gasteiger partial charge >= 0.3 is 0 Å². The quantitative estimate of drug-likeness (QED) is 0.569. The molecule has 1 saturated carbocycles. The number of aromatic nitrogens is 6. The minimum Gasteiger partial charge on any atom is -0.493 e. The Labute approximate surface area is 150 Å². The molecular weight excluding hydrogens is 328 g/mol. The normalized spacial score (nSPS) is 19.4. The average Bonchev–Trinajstić information content (AvgIpc) is 3.17. The minimum absolute atomic E-state index is 0.309. The van der Waals surface area contributed by atoms with E-state index in [1.54, 1.807) is 7.11 Å². The van der Waals surface area contributed by atoms with Crippen LogP contribution in [-0.2, 0) is 0 Å². The highest BCUT2D eigenvalue weighted by Gasteiger charge is 2.45. The Hall–Kier alpha value is -2.96. The van der Waals surface area contributed by atoms with Gasteiger partial charge in [0.1, 0.15) is 0 Å². The molecule has 132 valence electrons. The molecule has 0 saturated heterocycles. The highest BCUT2D eigenvalue weighted by Crippen LogP contribution is 2.54. The number of rotatable bonds is 3. The van der Waals surface area contributed by atoms with Gasteiger partial charge in [-0.2, -0.15) is 5.10 Å². The second-order valence-corrected chi connectivity index (χ2v) is 6.99. The molecule has 4 aromatic heterocycles. The number of pyridine rings is 1. The number of nitrogens with zero attached hydrogens (tertiary/aromatic N) is 6. The third kappa shape index (κ3) is 2.06. The molecule has 0 spiro atoms. The highest BCUT2D eigenvalue weighted by atomic mass is 16.5. The van der Waals surface area contributed by atoms with E-state index in [4.69, 9.17) is 19.8 Å². The van der Waals surface area contributed by atoms with Crippen molar-refractivity contribution in [3.63, 3.8) is 0 Å². The van der Waals surface area contributed by atoms with Crippen LogP contribution in [0.4, 0.5) is 0 Å². The molecule has 1 fully saturated rings. The van der Waals surface area contributed by atoms with E-state index < -0.39 is 0 Å². The summed E-state index contributed by atoms with van der Waals surface area (Å²) in [5.41, 5.74) is 5.88. The Morgan fingerprint density at radius 1 is 1.12 bits per heavy atom. The van der Waals surface area contributed by atoms with Gasteiger partial charge in [0.05, 0.1) is 24.2 Å². The number of hydrogen-bond donors (Lipinski definition) is 0. The zero-order valence-electron chi connectivity index (χ0n) is 15.3. The molecule has 7 heteroatoms. The smallest absolute Gasteiger partial charge is 0.180 e. The Balaban J connectivity index is 1.55. The highest BCUT2D eigenvalue weighted by molar-refractivity contribution is 5.57. The maximum Gasteiger partial charge on any atom is 0.180 e. The summed E-state index contributed by atoms with van der Waals surface area (Å²) in [7, 11) is 1.68. The summed E-state index contributed by atoms with van der Waals surface area (Å²) in [6.45, 7) is 6.08. The molecule has 0 bridgehead atoms. The summed E-state index contributed by atoms with van der Waals surface area (Å²) in [5.74, 6) is 2.34. The van der Waals surface area contributed by atoms with Crippen molar-refractivity contribution >= 4 is 11.3 Å². The summed E-state index contributed by atoms with van der Waals surface area (Å²) < 4.78 is 9.45. The van der Waals surface area contributed by atoms with Crippen molar-refractivity contribution in [3.05, 3.63) is 53.1 Å². The lowest BCUT2D eigenvalue weighted by molar-refractivity contribution is 0.417. The Kier molecular flexibility index (Phi) is 3.10. The van der Waals surface area contributed by atoms with Crippen molar-refractivity contribution in [2.45, 2.75) is 39.0 Å². The minimum atomic E-state index is 0.309. The average molecular weight is 348 g/mol. The zero-order valence-corrected chi connectivity index (χ0v) is 15.3. The second-order valence-electron chi connectivity index (χ2n) is 6.99. The Bertz CT molecular complexity index is 1120. The molecule has 0 amide bonds. The lowest BCUT2D eigenvalue weighted by Crippen LogP contribution is -1.97. The van der Waals surface area contributed by atoms with E-state index >= 15 is 0 Å². The van der Waals surface area contributed by atoms with E-state index in [1.165, 1.54) is 0 Å². The molecule has 0 aliphatic heterocycles. The van der Waals surface area contributed by atoms with Crippen LogP contribution in [0.3, 0.4) is 0 Å². The van der Waals surface area contributed by atoms with Crippen LogP contribution < -0.4 is 4.74 Å². The Morgan fingerprint density at radius 2 is 1.96 bits per heavy atom. The van der Waals surface area contributed by atoms with Crippen molar-refractivity contribution in [3.8, 4) is 5.75 Å². The second kappa shape index (κ2) is 5.27. The maximum absolute atomic E-state index is 5.46. The molecule has 7 nitrogen and oxygen atoms in total. The van der Waals surface area contributed by atoms with Gasteiger partial charge in [-0.05, 0) is 39.3 Å². The summed E-state index contributed by atoms with van der Waals surface area (Å²) >= 11 is 0. The lowest BCUT2D eigenvalue weighted by atomic mass is 10.2. The van der Waals surface area contributed by atoms with Crippen LogP contribution in [0.1, 0.15) is 46.9 Å². The third-order valence-corrected chi connectivity index (χ3v) is 5.31. The van der Waals surface area contributed by atoms with Gasteiger partial charge in [0.2, 0.25) is 0 Å².